The van der Waals surface area contributed by atoms with Crippen LogP contribution in [-0.2, 0) is 22.4 Å². The zero-order chi connectivity index (χ0) is 21.3. The van der Waals surface area contributed by atoms with Gasteiger partial charge in [0.15, 0.2) is 6.61 Å². The Labute approximate surface area is 175 Å². The number of carbonyl (C=O) groups is 1. The van der Waals surface area contributed by atoms with Crippen LogP contribution in [0, 0.1) is 0 Å². The van der Waals surface area contributed by atoms with Gasteiger partial charge in [-0.15, -0.1) is 0 Å². The van der Waals surface area contributed by atoms with Crippen LogP contribution >= 0.6 is 0 Å². The van der Waals surface area contributed by atoms with E-state index in [0.29, 0.717) is 30.0 Å². The molecular formula is C23H29NO6. The monoisotopic (exact) mass is 415 g/mol. The van der Waals surface area contributed by atoms with Crippen molar-refractivity contribution < 1.29 is 23.4 Å². The van der Waals surface area contributed by atoms with Gasteiger partial charge in [-0.25, -0.2) is 4.79 Å². The molecule has 0 saturated carbocycles. The van der Waals surface area contributed by atoms with E-state index in [9.17, 15) is 9.59 Å². The molecule has 1 saturated heterocycles. The Morgan fingerprint density at radius 2 is 2.17 bits per heavy atom. The minimum Gasteiger partial charge on any atom is -0.487 e. The summed E-state index contributed by atoms with van der Waals surface area (Å²) in [4.78, 5) is 24.5. The molecule has 7 nitrogen and oxygen atoms in total. The molecule has 2 aromatic rings. The molecule has 0 spiro atoms. The van der Waals surface area contributed by atoms with Crippen molar-refractivity contribution in [1.29, 1.82) is 0 Å². The third-order valence-corrected chi connectivity index (χ3v) is 5.78. The van der Waals surface area contributed by atoms with E-state index in [1.54, 1.807) is 0 Å². The Morgan fingerprint density at radius 3 is 2.90 bits per heavy atom. The normalized spacial score (nSPS) is 19.9. The van der Waals surface area contributed by atoms with Crippen LogP contribution in [0.1, 0.15) is 51.2 Å². The number of benzene rings is 1. The van der Waals surface area contributed by atoms with E-state index < -0.39 is 5.63 Å². The molecule has 7 heteroatoms. The molecule has 30 heavy (non-hydrogen) atoms. The van der Waals surface area contributed by atoms with E-state index in [0.717, 1.165) is 48.8 Å². The Balaban J connectivity index is 1.62. The molecule has 1 fully saturated rings. The highest BCUT2D eigenvalue weighted by molar-refractivity contribution is 5.92. The molecule has 2 aliphatic rings. The molecule has 0 aliphatic carbocycles. The quantitative estimate of drug-likeness (QED) is 0.730. The number of hydrogen-bond donors (Lipinski definition) is 1. The molecule has 2 aliphatic heterocycles. The Hall–Kier alpha value is -2.54. The van der Waals surface area contributed by atoms with Crippen LogP contribution in [0.4, 0.5) is 0 Å². The molecule has 3 heterocycles. The van der Waals surface area contributed by atoms with Gasteiger partial charge in [-0.05, 0) is 51.5 Å². The predicted molar refractivity (Wildman–Crippen MR) is 112 cm³/mol. The molecule has 1 unspecified atom stereocenters. The van der Waals surface area contributed by atoms with Crippen LogP contribution in [0.25, 0.3) is 11.0 Å². The topological polar surface area (TPSA) is 87.0 Å². The van der Waals surface area contributed by atoms with E-state index in [2.05, 4.69) is 5.32 Å². The van der Waals surface area contributed by atoms with Gasteiger partial charge in [-0.3, -0.25) is 4.79 Å². The first-order valence-electron chi connectivity index (χ1n) is 10.7. The third-order valence-electron chi connectivity index (χ3n) is 5.78. The maximum absolute atomic E-state index is 12.3. The zero-order valence-electron chi connectivity index (χ0n) is 17.8. The first-order valence-corrected chi connectivity index (χ1v) is 10.7. The standard InChI is InChI=1S/C23H29NO6/c1-4-14-10-20(26)29-22-16-7-8-23(2,3)30-17(16)11-18(21(14)22)28-13-19(25)24-12-15-6-5-9-27-15/h10-11,15H,4-9,12-13H2,1-3H3,(H,24,25). The second-order valence-corrected chi connectivity index (χ2v) is 8.59. The summed E-state index contributed by atoms with van der Waals surface area (Å²) in [6.45, 7) is 7.13. The second-order valence-electron chi connectivity index (χ2n) is 8.59. The lowest BCUT2D eigenvalue weighted by Crippen LogP contribution is -2.35. The van der Waals surface area contributed by atoms with Gasteiger partial charge >= 0.3 is 5.63 Å². The van der Waals surface area contributed by atoms with Gasteiger partial charge in [-0.2, -0.15) is 0 Å². The fraction of sp³-hybridized carbons (Fsp3) is 0.565. The van der Waals surface area contributed by atoms with Crippen molar-refractivity contribution in [2.24, 2.45) is 0 Å². The van der Waals surface area contributed by atoms with Crippen molar-refractivity contribution >= 4 is 16.9 Å². The summed E-state index contributed by atoms with van der Waals surface area (Å²) in [6.07, 6.45) is 4.28. The Kier molecular flexibility index (Phi) is 5.73. The molecule has 1 atom stereocenters. The number of amides is 1. The molecule has 0 bridgehead atoms. The summed E-state index contributed by atoms with van der Waals surface area (Å²) in [7, 11) is 0. The number of ether oxygens (including phenoxy) is 3. The maximum atomic E-state index is 12.3. The average molecular weight is 415 g/mol. The van der Waals surface area contributed by atoms with Gasteiger partial charge in [0, 0.05) is 30.8 Å². The third kappa shape index (κ3) is 4.31. The van der Waals surface area contributed by atoms with Gasteiger partial charge < -0.3 is 23.9 Å². The lowest BCUT2D eigenvalue weighted by molar-refractivity contribution is -0.123. The lowest BCUT2D eigenvalue weighted by atomic mass is 9.92. The number of fused-ring (bicyclic) bond motifs is 3. The molecule has 1 aromatic carbocycles. The van der Waals surface area contributed by atoms with Crippen LogP contribution in [0.2, 0.25) is 0 Å². The fourth-order valence-corrected chi connectivity index (χ4v) is 4.14. The zero-order valence-corrected chi connectivity index (χ0v) is 17.8. The average Bonchev–Trinajstić information content (AvgIpc) is 3.22. The fourth-order valence-electron chi connectivity index (χ4n) is 4.14. The smallest absolute Gasteiger partial charge is 0.336 e. The van der Waals surface area contributed by atoms with Crippen molar-refractivity contribution in [3.63, 3.8) is 0 Å². The predicted octanol–water partition coefficient (Wildman–Crippen LogP) is 3.13. The molecule has 1 N–H and O–H groups in total. The molecule has 0 radical (unpaired) electrons. The number of carbonyl (C=O) groups excluding carboxylic acids is 1. The summed E-state index contributed by atoms with van der Waals surface area (Å²) in [5.41, 5.74) is 1.51. The largest absolute Gasteiger partial charge is 0.487 e. The SMILES string of the molecule is CCc1cc(=O)oc2c3c(cc(OCC(=O)NCC4CCCO4)c12)OC(C)(C)CC3. The summed E-state index contributed by atoms with van der Waals surface area (Å²) >= 11 is 0. The highest BCUT2D eigenvalue weighted by Gasteiger charge is 2.30. The Morgan fingerprint density at radius 1 is 1.33 bits per heavy atom. The summed E-state index contributed by atoms with van der Waals surface area (Å²) in [5, 5.41) is 3.60. The molecular weight excluding hydrogens is 386 g/mol. The highest BCUT2D eigenvalue weighted by Crippen LogP contribution is 2.42. The van der Waals surface area contributed by atoms with Gasteiger partial charge in [-0.1, -0.05) is 6.92 Å². The van der Waals surface area contributed by atoms with Gasteiger partial charge in [0.1, 0.15) is 22.7 Å². The van der Waals surface area contributed by atoms with Gasteiger partial charge in [0.25, 0.3) is 5.91 Å². The van der Waals surface area contributed by atoms with E-state index in [-0.39, 0.29) is 24.2 Å². The maximum Gasteiger partial charge on any atom is 0.336 e. The number of aryl methyl sites for hydroxylation is 2. The highest BCUT2D eigenvalue weighted by atomic mass is 16.5. The Bertz CT molecular complexity index is 1000. The van der Waals surface area contributed by atoms with E-state index in [4.69, 9.17) is 18.6 Å². The van der Waals surface area contributed by atoms with Crippen LogP contribution < -0.4 is 20.4 Å². The molecule has 1 aromatic heterocycles. The molecule has 1 amide bonds. The molecule has 162 valence electrons. The van der Waals surface area contributed by atoms with Crippen LogP contribution in [0.5, 0.6) is 11.5 Å². The van der Waals surface area contributed by atoms with Crippen molar-refractivity contribution in [2.45, 2.75) is 64.6 Å². The minimum atomic E-state index is -0.391. The summed E-state index contributed by atoms with van der Waals surface area (Å²) in [6, 6.07) is 3.32. The summed E-state index contributed by atoms with van der Waals surface area (Å²) in [5.74, 6) is 0.923. The summed E-state index contributed by atoms with van der Waals surface area (Å²) < 4.78 is 23.2. The van der Waals surface area contributed by atoms with E-state index >= 15 is 0 Å². The van der Waals surface area contributed by atoms with Crippen LogP contribution in [-0.4, -0.2) is 37.4 Å². The first-order chi connectivity index (χ1) is 14.4. The molecule has 4 rings (SSSR count). The second kappa shape index (κ2) is 8.30. The van der Waals surface area contributed by atoms with E-state index in [1.807, 2.05) is 26.8 Å². The van der Waals surface area contributed by atoms with Crippen molar-refractivity contribution in [3.8, 4) is 11.5 Å². The lowest BCUT2D eigenvalue weighted by Gasteiger charge is -2.33. The number of hydrogen-bond acceptors (Lipinski definition) is 6. The van der Waals surface area contributed by atoms with Gasteiger partial charge in [0.05, 0.1) is 11.5 Å². The van der Waals surface area contributed by atoms with Crippen molar-refractivity contribution in [3.05, 3.63) is 33.7 Å². The first kappa shape index (κ1) is 20.7. The minimum absolute atomic E-state index is 0.0788. The van der Waals surface area contributed by atoms with E-state index in [1.165, 1.54) is 6.07 Å². The van der Waals surface area contributed by atoms with Crippen molar-refractivity contribution in [1.82, 2.24) is 5.32 Å². The van der Waals surface area contributed by atoms with Crippen LogP contribution in [0.15, 0.2) is 21.3 Å². The van der Waals surface area contributed by atoms with Crippen molar-refractivity contribution in [2.75, 3.05) is 19.8 Å². The van der Waals surface area contributed by atoms with Gasteiger partial charge in [0.2, 0.25) is 0 Å². The number of rotatable bonds is 6. The van der Waals surface area contributed by atoms with Crippen LogP contribution in [0.3, 0.4) is 0 Å². The number of nitrogens with one attached hydrogen (secondary N) is 1.